The lowest BCUT2D eigenvalue weighted by atomic mass is 9.77. The van der Waals surface area contributed by atoms with Gasteiger partial charge in [-0.2, -0.15) is 0 Å². The number of nitrogens with zero attached hydrogens (tertiary/aromatic N) is 2. The summed E-state index contributed by atoms with van der Waals surface area (Å²) in [5.74, 6) is -2.91. The maximum Gasteiger partial charge on any atom is 0.312 e. The molecule has 180 valence electrons. The standard InChI is InChI=1S/C26H30N2O6/c1-15-8-6-9-16(2)21(15)27-12-7-11-26-20(19-18(34-26)10-4-5-13-33-25(19)32)23(30)28(17(3)14-29)22(26)24(27)31/h4,6-11,17-20,22,29H,5,12-14H2,1-3H3/t17-,18+,19-,20+,22?,26+/m1/s1. The summed E-state index contributed by atoms with van der Waals surface area (Å²) >= 11 is 0. The van der Waals surface area contributed by atoms with Crippen molar-refractivity contribution in [2.75, 3.05) is 24.7 Å². The number of likely N-dealkylation sites (tertiary alicyclic amines) is 1. The molecule has 1 aromatic carbocycles. The summed E-state index contributed by atoms with van der Waals surface area (Å²) in [7, 11) is 0. The van der Waals surface area contributed by atoms with Crippen molar-refractivity contribution in [3.05, 3.63) is 53.6 Å². The quantitative estimate of drug-likeness (QED) is 0.538. The van der Waals surface area contributed by atoms with Gasteiger partial charge in [0, 0.05) is 12.2 Å². The first kappa shape index (κ1) is 22.8. The van der Waals surface area contributed by atoms with Gasteiger partial charge in [-0.05, 0) is 38.3 Å². The molecule has 2 amide bonds. The number of esters is 1. The Kier molecular flexibility index (Phi) is 5.61. The van der Waals surface area contributed by atoms with Crippen LogP contribution in [0.15, 0.2) is 42.5 Å². The third-order valence-corrected chi connectivity index (χ3v) is 7.51. The van der Waals surface area contributed by atoms with E-state index in [2.05, 4.69) is 0 Å². The van der Waals surface area contributed by atoms with Crippen LogP contribution in [0.3, 0.4) is 0 Å². The molecule has 1 N–H and O–H groups in total. The summed E-state index contributed by atoms with van der Waals surface area (Å²) in [6, 6.07) is 4.20. The highest BCUT2D eigenvalue weighted by molar-refractivity contribution is 6.06. The Hall–Kier alpha value is -2.97. The Balaban J connectivity index is 1.67. The zero-order valence-corrected chi connectivity index (χ0v) is 19.6. The number of aliphatic hydroxyl groups is 1. The summed E-state index contributed by atoms with van der Waals surface area (Å²) in [5, 5.41) is 9.98. The molecular formula is C26H30N2O6. The molecule has 1 unspecified atom stereocenters. The zero-order valence-electron chi connectivity index (χ0n) is 19.6. The smallest absolute Gasteiger partial charge is 0.312 e. The molecule has 2 saturated heterocycles. The second-order valence-corrected chi connectivity index (χ2v) is 9.60. The van der Waals surface area contributed by atoms with Crippen LogP contribution < -0.4 is 4.90 Å². The molecule has 34 heavy (non-hydrogen) atoms. The number of fused-ring (bicyclic) bond motifs is 2. The van der Waals surface area contributed by atoms with Crippen LogP contribution >= 0.6 is 0 Å². The Morgan fingerprint density at radius 2 is 1.88 bits per heavy atom. The normalized spacial score (nSPS) is 33.6. The lowest BCUT2D eigenvalue weighted by Crippen LogP contribution is -2.58. The van der Waals surface area contributed by atoms with Crippen molar-refractivity contribution in [3.63, 3.8) is 0 Å². The van der Waals surface area contributed by atoms with E-state index in [1.807, 2.05) is 50.3 Å². The van der Waals surface area contributed by atoms with Crippen LogP contribution in [0.1, 0.15) is 24.5 Å². The van der Waals surface area contributed by atoms with Crippen LogP contribution in [0.2, 0.25) is 0 Å². The Labute approximate surface area is 198 Å². The Bertz CT molecular complexity index is 1080. The molecule has 0 aliphatic carbocycles. The van der Waals surface area contributed by atoms with Crippen molar-refractivity contribution in [2.24, 2.45) is 11.8 Å². The molecule has 0 bridgehead atoms. The van der Waals surface area contributed by atoms with Gasteiger partial charge in [-0.25, -0.2) is 0 Å². The monoisotopic (exact) mass is 466 g/mol. The summed E-state index contributed by atoms with van der Waals surface area (Å²) in [6.07, 6.45) is 7.25. The summed E-state index contributed by atoms with van der Waals surface area (Å²) in [6.45, 7) is 5.83. The van der Waals surface area contributed by atoms with Gasteiger partial charge >= 0.3 is 5.97 Å². The van der Waals surface area contributed by atoms with Crippen LogP contribution in [0.4, 0.5) is 5.69 Å². The second kappa shape index (κ2) is 8.36. The van der Waals surface area contributed by atoms with Gasteiger partial charge in [0.2, 0.25) is 5.91 Å². The van der Waals surface area contributed by atoms with E-state index in [4.69, 9.17) is 9.47 Å². The number of ether oxygens (including phenoxy) is 2. The van der Waals surface area contributed by atoms with E-state index in [1.165, 1.54) is 4.90 Å². The molecule has 2 fully saturated rings. The van der Waals surface area contributed by atoms with Crippen molar-refractivity contribution >= 4 is 23.5 Å². The van der Waals surface area contributed by atoms with Gasteiger partial charge in [-0.3, -0.25) is 14.4 Å². The predicted molar refractivity (Wildman–Crippen MR) is 124 cm³/mol. The van der Waals surface area contributed by atoms with Gasteiger partial charge in [0.25, 0.3) is 5.91 Å². The molecule has 5 rings (SSSR count). The second-order valence-electron chi connectivity index (χ2n) is 9.60. The highest BCUT2D eigenvalue weighted by Gasteiger charge is 2.72. The average molecular weight is 467 g/mol. The number of aryl methyl sites for hydroxylation is 2. The minimum atomic E-state index is -1.33. The molecule has 1 aromatic rings. The molecule has 1 spiro atoms. The maximum absolute atomic E-state index is 14.3. The molecular weight excluding hydrogens is 436 g/mol. The van der Waals surface area contributed by atoms with Gasteiger partial charge in [-0.1, -0.05) is 42.5 Å². The fourth-order valence-electron chi connectivity index (χ4n) is 6.04. The van der Waals surface area contributed by atoms with Gasteiger partial charge in [-0.15, -0.1) is 0 Å². The molecule has 0 aromatic heterocycles. The lowest BCUT2D eigenvalue weighted by molar-refractivity contribution is -0.155. The first-order valence-electron chi connectivity index (χ1n) is 11.8. The highest BCUT2D eigenvalue weighted by atomic mass is 16.6. The van der Waals surface area contributed by atoms with Crippen LogP contribution in [-0.2, 0) is 23.9 Å². The van der Waals surface area contributed by atoms with Gasteiger partial charge in [0.15, 0.2) is 0 Å². The van der Waals surface area contributed by atoms with E-state index in [1.54, 1.807) is 17.9 Å². The number of carbonyl (C=O) groups excluding carboxylic acids is 3. The third-order valence-electron chi connectivity index (χ3n) is 7.51. The van der Waals surface area contributed by atoms with E-state index >= 15 is 0 Å². The third kappa shape index (κ3) is 3.15. The Morgan fingerprint density at radius 3 is 2.59 bits per heavy atom. The van der Waals surface area contributed by atoms with Crippen molar-refractivity contribution in [2.45, 2.75) is 51.0 Å². The van der Waals surface area contributed by atoms with E-state index in [0.29, 0.717) is 13.0 Å². The van der Waals surface area contributed by atoms with Crippen molar-refractivity contribution in [1.29, 1.82) is 0 Å². The highest BCUT2D eigenvalue weighted by Crippen LogP contribution is 2.54. The van der Waals surface area contributed by atoms with Gasteiger partial charge in [0.1, 0.15) is 17.6 Å². The minimum absolute atomic E-state index is 0.238. The molecule has 0 saturated carbocycles. The van der Waals surface area contributed by atoms with Crippen molar-refractivity contribution < 1.29 is 29.0 Å². The minimum Gasteiger partial charge on any atom is -0.465 e. The SMILES string of the molecule is Cc1cccc(C)c1N1CC=C[C@]23O[C@H]4C=CCCOC(=O)[C@H]4[C@H]2C(=O)N([C@H](C)CO)C3C1=O. The number of carbonyl (C=O) groups is 3. The summed E-state index contributed by atoms with van der Waals surface area (Å²) in [5.41, 5.74) is 1.36. The van der Waals surface area contributed by atoms with Crippen molar-refractivity contribution in [1.82, 2.24) is 4.90 Å². The molecule has 6 atom stereocenters. The fourth-order valence-corrected chi connectivity index (χ4v) is 6.04. The maximum atomic E-state index is 14.3. The van der Waals surface area contributed by atoms with E-state index in [0.717, 1.165) is 16.8 Å². The molecule has 8 nitrogen and oxygen atoms in total. The van der Waals surface area contributed by atoms with Crippen LogP contribution in [0.5, 0.6) is 0 Å². The number of amides is 2. The van der Waals surface area contributed by atoms with Crippen molar-refractivity contribution in [3.8, 4) is 0 Å². The number of hydrogen-bond donors (Lipinski definition) is 1. The average Bonchev–Trinajstić information content (AvgIpc) is 3.18. The van der Waals surface area contributed by atoms with Gasteiger partial charge in [0.05, 0.1) is 31.3 Å². The van der Waals surface area contributed by atoms with Crippen LogP contribution in [-0.4, -0.2) is 71.3 Å². The zero-order chi connectivity index (χ0) is 24.2. The number of anilines is 1. The predicted octanol–water partition coefficient (Wildman–Crippen LogP) is 1.67. The molecule has 0 radical (unpaired) electrons. The van der Waals surface area contributed by atoms with Crippen LogP contribution in [0.25, 0.3) is 0 Å². The number of cyclic esters (lactones) is 1. The molecule has 4 aliphatic heterocycles. The molecule has 4 aliphatic rings. The molecule has 4 heterocycles. The summed E-state index contributed by atoms with van der Waals surface area (Å²) < 4.78 is 11.9. The lowest BCUT2D eigenvalue weighted by Gasteiger charge is -2.38. The topological polar surface area (TPSA) is 96.4 Å². The van der Waals surface area contributed by atoms with E-state index in [-0.39, 0.29) is 25.0 Å². The number of rotatable bonds is 3. The number of benzene rings is 1. The molecule has 8 heteroatoms. The number of para-hydroxylation sites is 1. The number of hydrogen-bond acceptors (Lipinski definition) is 6. The summed E-state index contributed by atoms with van der Waals surface area (Å²) in [4.78, 5) is 44.3. The Morgan fingerprint density at radius 1 is 1.15 bits per heavy atom. The first-order chi connectivity index (χ1) is 16.3. The van der Waals surface area contributed by atoms with E-state index < -0.39 is 41.6 Å². The van der Waals surface area contributed by atoms with E-state index in [9.17, 15) is 19.5 Å². The number of aliphatic hydroxyl groups excluding tert-OH is 1. The largest absolute Gasteiger partial charge is 0.465 e. The van der Waals surface area contributed by atoms with Crippen LogP contribution in [0, 0.1) is 25.7 Å². The van der Waals surface area contributed by atoms with Gasteiger partial charge < -0.3 is 24.4 Å². The fraction of sp³-hybridized carbons (Fsp3) is 0.500. The first-order valence-corrected chi connectivity index (χ1v) is 11.8.